The molecule has 0 aromatic heterocycles. The zero-order valence-corrected chi connectivity index (χ0v) is 13.1. The number of hydrogen-bond donors (Lipinski definition) is 2. The second-order valence-corrected chi connectivity index (χ2v) is 5.20. The summed E-state index contributed by atoms with van der Waals surface area (Å²) in [5.41, 5.74) is -0.203. The lowest BCUT2D eigenvalue weighted by atomic mass is 9.89. The summed E-state index contributed by atoms with van der Waals surface area (Å²) in [6.07, 6.45) is 0.941. The van der Waals surface area contributed by atoms with Gasteiger partial charge in [0.2, 0.25) is 5.91 Å². The summed E-state index contributed by atoms with van der Waals surface area (Å²) in [6, 6.07) is 0. The number of halogens is 2. The van der Waals surface area contributed by atoms with E-state index in [1.165, 1.54) is 0 Å². The van der Waals surface area contributed by atoms with Crippen molar-refractivity contribution in [2.24, 2.45) is 5.41 Å². The quantitative estimate of drug-likeness (QED) is 0.783. The Labute approximate surface area is 127 Å². The van der Waals surface area contributed by atoms with Crippen molar-refractivity contribution in [3.63, 3.8) is 0 Å². The molecule has 1 unspecified atom stereocenters. The summed E-state index contributed by atoms with van der Waals surface area (Å²) in [7, 11) is 0. The first kappa shape index (κ1) is 18.9. The molecule has 2 saturated heterocycles. The molecule has 7 heteroatoms. The van der Waals surface area contributed by atoms with Crippen LogP contribution in [0.3, 0.4) is 0 Å². The molecule has 0 bridgehead atoms. The maximum Gasteiger partial charge on any atom is 0.227 e. The van der Waals surface area contributed by atoms with Crippen LogP contribution in [0, 0.1) is 5.41 Å². The molecule has 0 radical (unpaired) electrons. The van der Waals surface area contributed by atoms with E-state index in [0.717, 1.165) is 58.9 Å². The summed E-state index contributed by atoms with van der Waals surface area (Å²) in [6.45, 7) is 9.06. The van der Waals surface area contributed by atoms with E-state index in [-0.39, 0.29) is 36.1 Å². The molecule has 1 atom stereocenters. The molecule has 2 N–H and O–H groups in total. The van der Waals surface area contributed by atoms with Crippen LogP contribution >= 0.6 is 24.8 Å². The van der Waals surface area contributed by atoms with E-state index in [4.69, 9.17) is 4.74 Å². The first-order valence-corrected chi connectivity index (χ1v) is 6.50. The molecular formula is C12H25Cl2N3O2. The predicted molar refractivity (Wildman–Crippen MR) is 80.4 cm³/mol. The minimum atomic E-state index is -0.203. The van der Waals surface area contributed by atoms with Gasteiger partial charge in [-0.3, -0.25) is 9.69 Å². The van der Waals surface area contributed by atoms with Gasteiger partial charge in [-0.25, -0.2) is 0 Å². The number of hydrogen-bond acceptors (Lipinski definition) is 4. The molecule has 0 aromatic carbocycles. The molecule has 0 saturated carbocycles. The van der Waals surface area contributed by atoms with Gasteiger partial charge in [-0.2, -0.15) is 0 Å². The van der Waals surface area contributed by atoms with Crippen molar-refractivity contribution < 1.29 is 9.53 Å². The smallest absolute Gasteiger partial charge is 0.227 e. The minimum Gasteiger partial charge on any atom is -0.379 e. The Morgan fingerprint density at radius 2 is 2.05 bits per heavy atom. The molecule has 0 aliphatic carbocycles. The SMILES string of the molecule is CC1(C(=O)NCCN2CCOCC2)CCNC1.Cl.Cl. The second-order valence-electron chi connectivity index (χ2n) is 5.20. The van der Waals surface area contributed by atoms with Crippen molar-refractivity contribution in [1.29, 1.82) is 0 Å². The number of carbonyl (C=O) groups excluding carboxylic acids is 1. The third kappa shape index (κ3) is 5.44. The Morgan fingerprint density at radius 3 is 2.63 bits per heavy atom. The summed E-state index contributed by atoms with van der Waals surface area (Å²) in [5.74, 6) is 0.191. The summed E-state index contributed by atoms with van der Waals surface area (Å²) in [4.78, 5) is 14.3. The van der Waals surface area contributed by atoms with Crippen molar-refractivity contribution in [2.45, 2.75) is 13.3 Å². The standard InChI is InChI=1S/C12H23N3O2.2ClH/c1-12(2-3-13-10-12)11(16)14-4-5-15-6-8-17-9-7-15;;/h13H,2-10H2,1H3,(H,14,16);2*1H. The molecule has 0 aromatic rings. The van der Waals surface area contributed by atoms with Crippen molar-refractivity contribution in [3.8, 4) is 0 Å². The van der Waals surface area contributed by atoms with Crippen LogP contribution in [0.25, 0.3) is 0 Å². The van der Waals surface area contributed by atoms with Crippen LogP contribution in [0.15, 0.2) is 0 Å². The monoisotopic (exact) mass is 313 g/mol. The molecule has 1 amide bonds. The molecule has 0 spiro atoms. The molecule has 2 aliphatic heterocycles. The van der Waals surface area contributed by atoms with Gasteiger partial charge in [-0.1, -0.05) is 0 Å². The van der Waals surface area contributed by atoms with Crippen molar-refractivity contribution in [2.75, 3.05) is 52.5 Å². The first-order chi connectivity index (χ1) is 8.21. The summed E-state index contributed by atoms with van der Waals surface area (Å²) >= 11 is 0. The zero-order valence-electron chi connectivity index (χ0n) is 11.4. The van der Waals surface area contributed by atoms with Crippen molar-refractivity contribution in [3.05, 3.63) is 0 Å². The topological polar surface area (TPSA) is 53.6 Å². The fourth-order valence-corrected chi connectivity index (χ4v) is 2.38. The fourth-order valence-electron chi connectivity index (χ4n) is 2.38. The molecule has 2 heterocycles. The Kier molecular flexibility index (Phi) is 8.94. The van der Waals surface area contributed by atoms with Crippen LogP contribution in [0.2, 0.25) is 0 Å². The highest BCUT2D eigenvalue weighted by Crippen LogP contribution is 2.24. The number of rotatable bonds is 4. The Morgan fingerprint density at radius 1 is 1.37 bits per heavy atom. The van der Waals surface area contributed by atoms with E-state index in [1.54, 1.807) is 0 Å². The third-order valence-electron chi connectivity index (χ3n) is 3.73. The molecule has 114 valence electrons. The van der Waals surface area contributed by atoms with E-state index in [1.807, 2.05) is 6.92 Å². The number of morpholine rings is 1. The van der Waals surface area contributed by atoms with E-state index in [2.05, 4.69) is 15.5 Å². The number of nitrogens with zero attached hydrogens (tertiary/aromatic N) is 1. The van der Waals surface area contributed by atoms with Crippen LogP contribution in [0.1, 0.15) is 13.3 Å². The van der Waals surface area contributed by atoms with Crippen LogP contribution in [0.4, 0.5) is 0 Å². The first-order valence-electron chi connectivity index (χ1n) is 6.50. The molecule has 2 aliphatic rings. The van der Waals surface area contributed by atoms with Crippen LogP contribution in [0.5, 0.6) is 0 Å². The fraction of sp³-hybridized carbons (Fsp3) is 0.917. The van der Waals surface area contributed by atoms with Crippen LogP contribution in [-0.4, -0.2) is 63.3 Å². The molecule has 19 heavy (non-hydrogen) atoms. The summed E-state index contributed by atoms with van der Waals surface area (Å²) < 4.78 is 5.29. The second kappa shape index (κ2) is 8.97. The number of carbonyl (C=O) groups is 1. The largest absolute Gasteiger partial charge is 0.379 e. The molecular weight excluding hydrogens is 289 g/mol. The molecule has 2 rings (SSSR count). The highest BCUT2D eigenvalue weighted by atomic mass is 35.5. The third-order valence-corrected chi connectivity index (χ3v) is 3.73. The van der Waals surface area contributed by atoms with Gasteiger partial charge in [-0.15, -0.1) is 24.8 Å². The van der Waals surface area contributed by atoms with E-state index in [9.17, 15) is 4.79 Å². The van der Waals surface area contributed by atoms with Gasteiger partial charge in [0.15, 0.2) is 0 Å². The lowest BCUT2D eigenvalue weighted by Crippen LogP contribution is -2.45. The van der Waals surface area contributed by atoms with Gasteiger partial charge in [0.25, 0.3) is 0 Å². The van der Waals surface area contributed by atoms with Crippen LogP contribution < -0.4 is 10.6 Å². The highest BCUT2D eigenvalue weighted by Gasteiger charge is 2.35. The van der Waals surface area contributed by atoms with E-state index in [0.29, 0.717) is 0 Å². The summed E-state index contributed by atoms with van der Waals surface area (Å²) in [5, 5.41) is 6.30. The molecule has 5 nitrogen and oxygen atoms in total. The van der Waals surface area contributed by atoms with Gasteiger partial charge in [0, 0.05) is 32.7 Å². The number of amides is 1. The average Bonchev–Trinajstić information content (AvgIpc) is 2.79. The van der Waals surface area contributed by atoms with Gasteiger partial charge in [0.1, 0.15) is 0 Å². The lowest BCUT2D eigenvalue weighted by molar-refractivity contribution is -0.129. The van der Waals surface area contributed by atoms with Crippen molar-refractivity contribution >= 4 is 30.7 Å². The maximum absolute atomic E-state index is 12.0. The van der Waals surface area contributed by atoms with Gasteiger partial charge in [0.05, 0.1) is 18.6 Å². The number of nitrogens with one attached hydrogen (secondary N) is 2. The maximum atomic E-state index is 12.0. The van der Waals surface area contributed by atoms with Gasteiger partial charge >= 0.3 is 0 Å². The molecule has 2 fully saturated rings. The average molecular weight is 314 g/mol. The zero-order chi connectivity index (χ0) is 12.1. The Bertz CT molecular complexity index is 268. The highest BCUT2D eigenvalue weighted by molar-refractivity contribution is 5.85. The number of ether oxygens (including phenoxy) is 1. The lowest BCUT2D eigenvalue weighted by Gasteiger charge is -2.27. The van der Waals surface area contributed by atoms with Gasteiger partial charge < -0.3 is 15.4 Å². The van der Waals surface area contributed by atoms with Gasteiger partial charge in [-0.05, 0) is 19.9 Å². The Balaban J connectivity index is 0.00000162. The van der Waals surface area contributed by atoms with Crippen molar-refractivity contribution in [1.82, 2.24) is 15.5 Å². The predicted octanol–water partition coefficient (Wildman–Crippen LogP) is 0.278. The minimum absolute atomic E-state index is 0. The van der Waals surface area contributed by atoms with E-state index < -0.39 is 0 Å². The van der Waals surface area contributed by atoms with E-state index >= 15 is 0 Å². The normalized spacial score (nSPS) is 27.2. The van der Waals surface area contributed by atoms with Crippen LogP contribution in [-0.2, 0) is 9.53 Å². The Hall–Kier alpha value is -0.0700.